The van der Waals surface area contributed by atoms with Gasteiger partial charge in [-0.2, -0.15) is 0 Å². The van der Waals surface area contributed by atoms with Gasteiger partial charge in [0, 0.05) is 0 Å². The van der Waals surface area contributed by atoms with E-state index < -0.39 is 11.7 Å². The lowest BCUT2D eigenvalue weighted by molar-refractivity contribution is 0.143. The minimum absolute atomic E-state index is 0.451. The summed E-state index contributed by atoms with van der Waals surface area (Å²) in [6.45, 7) is 7.20. The second kappa shape index (κ2) is 7.49. The summed E-state index contributed by atoms with van der Waals surface area (Å²) in [6, 6.07) is 0. The Kier molecular flexibility index (Phi) is 7.12. The Bertz CT molecular complexity index is 271. The van der Waals surface area contributed by atoms with E-state index in [2.05, 4.69) is 18.8 Å². The number of hydrogen-bond donors (Lipinski definition) is 2. The third-order valence-electron chi connectivity index (χ3n) is 2.24. The predicted molar refractivity (Wildman–Crippen MR) is 68.0 cm³/mol. The monoisotopic (exact) mass is 224 g/mol. The summed E-state index contributed by atoms with van der Waals surface area (Å²) in [4.78, 5) is 0. The highest BCUT2D eigenvalue weighted by Gasteiger charge is 2.06. The highest BCUT2D eigenvalue weighted by Crippen LogP contribution is 2.12. The molecule has 2 heteroatoms. The van der Waals surface area contributed by atoms with Crippen molar-refractivity contribution in [3.8, 4) is 11.8 Å². The van der Waals surface area contributed by atoms with Gasteiger partial charge in [-0.05, 0) is 45.3 Å². The van der Waals surface area contributed by atoms with Gasteiger partial charge in [-0.25, -0.2) is 0 Å². The number of unbranched alkanes of at least 4 members (excludes halogenated alkanes) is 2. The molecule has 16 heavy (non-hydrogen) atoms. The summed E-state index contributed by atoms with van der Waals surface area (Å²) < 4.78 is 0. The van der Waals surface area contributed by atoms with Crippen molar-refractivity contribution in [1.29, 1.82) is 0 Å². The first kappa shape index (κ1) is 15.2. The van der Waals surface area contributed by atoms with Crippen LogP contribution in [0.4, 0.5) is 0 Å². The molecule has 0 aromatic heterocycles. The number of aliphatic hydroxyl groups is 2. The third kappa shape index (κ3) is 8.52. The lowest BCUT2D eigenvalue weighted by Gasteiger charge is -2.09. The minimum Gasteiger partial charge on any atom is -0.389 e. The molecule has 0 radical (unpaired) electrons. The van der Waals surface area contributed by atoms with E-state index in [-0.39, 0.29) is 0 Å². The minimum atomic E-state index is -0.969. The summed E-state index contributed by atoms with van der Waals surface area (Å²) in [5.41, 5.74) is -0.0193. The van der Waals surface area contributed by atoms with E-state index in [4.69, 9.17) is 0 Å². The summed E-state index contributed by atoms with van der Waals surface area (Å²) in [5.74, 6) is 5.53. The molecule has 0 aliphatic carbocycles. The Morgan fingerprint density at radius 2 is 2.00 bits per heavy atom. The van der Waals surface area contributed by atoms with Crippen LogP contribution in [0.15, 0.2) is 11.6 Å². The highest BCUT2D eigenvalue weighted by molar-refractivity contribution is 5.26. The normalized spacial score (nSPS) is 14.2. The van der Waals surface area contributed by atoms with Gasteiger partial charge in [0.1, 0.15) is 5.60 Å². The SMILES string of the molecule is CCCCC/C(=C/C#CC(C)(C)O)C(C)O. The molecule has 1 atom stereocenters. The van der Waals surface area contributed by atoms with Gasteiger partial charge < -0.3 is 10.2 Å². The van der Waals surface area contributed by atoms with Crippen molar-refractivity contribution >= 4 is 0 Å². The molecule has 1 unspecified atom stereocenters. The van der Waals surface area contributed by atoms with E-state index in [9.17, 15) is 10.2 Å². The van der Waals surface area contributed by atoms with E-state index in [1.165, 1.54) is 12.8 Å². The summed E-state index contributed by atoms with van der Waals surface area (Å²) in [6.07, 6.45) is 5.58. The van der Waals surface area contributed by atoms with Crippen LogP contribution in [0.3, 0.4) is 0 Å². The molecule has 0 spiro atoms. The Balaban J connectivity index is 4.40. The molecule has 0 bridgehead atoms. The molecule has 2 N–H and O–H groups in total. The van der Waals surface area contributed by atoms with Crippen molar-refractivity contribution in [2.75, 3.05) is 0 Å². The van der Waals surface area contributed by atoms with Crippen LogP contribution in [0.25, 0.3) is 0 Å². The summed E-state index contributed by atoms with van der Waals surface area (Å²) >= 11 is 0. The fourth-order valence-corrected chi connectivity index (χ4v) is 1.29. The van der Waals surface area contributed by atoms with Crippen molar-refractivity contribution in [2.45, 2.75) is 65.1 Å². The number of allylic oxidation sites excluding steroid dienone is 1. The van der Waals surface area contributed by atoms with Crippen LogP contribution in [0.1, 0.15) is 53.4 Å². The molecule has 0 rings (SSSR count). The Hall–Kier alpha value is -0.780. The maximum atomic E-state index is 9.54. The molecule has 0 aromatic rings. The topological polar surface area (TPSA) is 40.5 Å². The summed E-state index contributed by atoms with van der Waals surface area (Å²) in [7, 11) is 0. The predicted octanol–water partition coefficient (Wildman–Crippen LogP) is 2.65. The maximum absolute atomic E-state index is 9.54. The van der Waals surface area contributed by atoms with Crippen LogP contribution >= 0.6 is 0 Å². The number of hydrogen-bond acceptors (Lipinski definition) is 2. The van der Waals surface area contributed by atoms with Crippen LogP contribution in [0, 0.1) is 11.8 Å². The first-order chi connectivity index (χ1) is 7.37. The average Bonchev–Trinajstić information content (AvgIpc) is 2.13. The summed E-state index contributed by atoms with van der Waals surface area (Å²) in [5, 5.41) is 19.0. The first-order valence-corrected chi connectivity index (χ1v) is 5.99. The average molecular weight is 224 g/mol. The Morgan fingerprint density at radius 3 is 2.44 bits per heavy atom. The molecule has 92 valence electrons. The van der Waals surface area contributed by atoms with E-state index >= 15 is 0 Å². The second-order valence-electron chi connectivity index (χ2n) is 4.68. The van der Waals surface area contributed by atoms with Crippen molar-refractivity contribution in [3.63, 3.8) is 0 Å². The molecule has 0 heterocycles. The number of aliphatic hydroxyl groups excluding tert-OH is 1. The van der Waals surface area contributed by atoms with E-state index in [0.717, 1.165) is 18.4 Å². The van der Waals surface area contributed by atoms with Gasteiger partial charge >= 0.3 is 0 Å². The quantitative estimate of drug-likeness (QED) is 0.557. The van der Waals surface area contributed by atoms with Crippen molar-refractivity contribution in [3.05, 3.63) is 11.6 Å². The van der Waals surface area contributed by atoms with Gasteiger partial charge in [0.05, 0.1) is 6.10 Å². The van der Waals surface area contributed by atoms with E-state index in [0.29, 0.717) is 0 Å². The molecule has 0 aliphatic heterocycles. The van der Waals surface area contributed by atoms with Gasteiger partial charge in [0.25, 0.3) is 0 Å². The van der Waals surface area contributed by atoms with Crippen molar-refractivity contribution in [1.82, 2.24) is 0 Å². The van der Waals surface area contributed by atoms with Crippen molar-refractivity contribution in [2.24, 2.45) is 0 Å². The lowest BCUT2D eigenvalue weighted by Crippen LogP contribution is -2.14. The van der Waals surface area contributed by atoms with Gasteiger partial charge in [0.15, 0.2) is 0 Å². The maximum Gasteiger partial charge on any atom is 0.120 e. The smallest absolute Gasteiger partial charge is 0.120 e. The standard InChI is InChI=1S/C14H24O2/c1-5-6-7-9-13(12(2)15)10-8-11-14(3,4)16/h10,12,15-16H,5-7,9H2,1-4H3/b13-10-. The fourth-order valence-electron chi connectivity index (χ4n) is 1.29. The largest absolute Gasteiger partial charge is 0.389 e. The molecule has 0 saturated carbocycles. The van der Waals surface area contributed by atoms with Crippen molar-refractivity contribution < 1.29 is 10.2 Å². The molecule has 0 aromatic carbocycles. The molecule has 0 aliphatic rings. The van der Waals surface area contributed by atoms with Gasteiger partial charge in [-0.3, -0.25) is 0 Å². The zero-order valence-electron chi connectivity index (χ0n) is 10.9. The first-order valence-electron chi connectivity index (χ1n) is 5.99. The fraction of sp³-hybridized carbons (Fsp3) is 0.714. The van der Waals surface area contributed by atoms with Crippen LogP contribution in [-0.2, 0) is 0 Å². The molecule has 0 fully saturated rings. The van der Waals surface area contributed by atoms with Gasteiger partial charge in [-0.1, -0.05) is 31.6 Å². The molecular formula is C14H24O2. The lowest BCUT2D eigenvalue weighted by atomic mass is 10.0. The van der Waals surface area contributed by atoms with Crippen LogP contribution in [-0.4, -0.2) is 21.9 Å². The Labute approximate surface area is 99.4 Å². The highest BCUT2D eigenvalue weighted by atomic mass is 16.3. The van der Waals surface area contributed by atoms with E-state index in [1.54, 1.807) is 26.8 Å². The van der Waals surface area contributed by atoms with Crippen LogP contribution < -0.4 is 0 Å². The molecule has 2 nitrogen and oxygen atoms in total. The van der Waals surface area contributed by atoms with Gasteiger partial charge in [-0.15, -0.1) is 0 Å². The Morgan fingerprint density at radius 1 is 1.38 bits per heavy atom. The molecular weight excluding hydrogens is 200 g/mol. The zero-order valence-corrected chi connectivity index (χ0v) is 10.9. The zero-order chi connectivity index (χ0) is 12.6. The van der Waals surface area contributed by atoms with Gasteiger partial charge in [0.2, 0.25) is 0 Å². The van der Waals surface area contributed by atoms with Crippen LogP contribution in [0.5, 0.6) is 0 Å². The molecule has 0 saturated heterocycles. The third-order valence-corrected chi connectivity index (χ3v) is 2.24. The second-order valence-corrected chi connectivity index (χ2v) is 4.68. The van der Waals surface area contributed by atoms with E-state index in [1.807, 2.05) is 0 Å². The van der Waals surface area contributed by atoms with Crippen LogP contribution in [0.2, 0.25) is 0 Å². The molecule has 0 amide bonds. The number of rotatable bonds is 5.